The molecule has 1 aromatic carbocycles. The van der Waals surface area contributed by atoms with Crippen molar-refractivity contribution in [3.8, 4) is 0 Å². The number of benzene rings is 1. The van der Waals surface area contributed by atoms with Gasteiger partial charge < -0.3 is 14.8 Å². The third-order valence-corrected chi connectivity index (χ3v) is 4.38. The molecule has 0 fully saturated rings. The lowest BCUT2D eigenvalue weighted by Gasteiger charge is -2.28. The molecule has 0 unspecified atom stereocenters. The van der Waals surface area contributed by atoms with Crippen molar-refractivity contribution >= 4 is 27.8 Å². The number of rotatable bonds is 5. The quantitative estimate of drug-likeness (QED) is 0.612. The lowest BCUT2D eigenvalue weighted by molar-refractivity contribution is -0.140. The Bertz CT molecular complexity index is 789. The van der Waals surface area contributed by atoms with Gasteiger partial charge in [-0.05, 0) is 29.0 Å². The van der Waals surface area contributed by atoms with Gasteiger partial charge in [0, 0.05) is 17.3 Å². The highest BCUT2D eigenvalue weighted by atomic mass is 79.9. The van der Waals surface area contributed by atoms with E-state index in [2.05, 4.69) is 36.8 Å². The molecule has 2 aromatic rings. The first-order valence-electron chi connectivity index (χ1n) is 7.29. The van der Waals surface area contributed by atoms with E-state index >= 15 is 0 Å². The van der Waals surface area contributed by atoms with Crippen LogP contribution in [0, 0.1) is 0 Å². The van der Waals surface area contributed by atoms with Crippen LogP contribution in [0.15, 0.2) is 40.0 Å². The maximum Gasteiger partial charge on any atom is 0.338 e. The number of methoxy groups -OCH3 is 1. The predicted octanol–water partition coefficient (Wildman–Crippen LogP) is 1.91. The normalized spacial score (nSPS) is 16.5. The number of aromatic nitrogens is 4. The highest BCUT2D eigenvalue weighted by Crippen LogP contribution is 2.37. The van der Waals surface area contributed by atoms with Crippen molar-refractivity contribution in [1.82, 2.24) is 20.2 Å². The number of nitrogens with one attached hydrogen (secondary N) is 1. The fourth-order valence-electron chi connectivity index (χ4n) is 2.56. The number of hydrogen-bond donors (Lipinski definition) is 1. The van der Waals surface area contributed by atoms with Gasteiger partial charge >= 0.3 is 5.97 Å². The average Bonchev–Trinajstić information content (AvgIpc) is 3.02. The number of halogens is 1. The van der Waals surface area contributed by atoms with Crippen LogP contribution < -0.4 is 5.32 Å². The largest absolute Gasteiger partial charge is 0.460 e. The van der Waals surface area contributed by atoms with Gasteiger partial charge in [-0.1, -0.05) is 39.2 Å². The first-order chi connectivity index (χ1) is 11.6. The van der Waals surface area contributed by atoms with Crippen LogP contribution in [0.1, 0.15) is 18.5 Å². The maximum absolute atomic E-state index is 12.6. The molecule has 2 heterocycles. The summed E-state index contributed by atoms with van der Waals surface area (Å²) < 4.78 is 12.7. The summed E-state index contributed by atoms with van der Waals surface area (Å²) in [6.07, 6.45) is 0. The Labute approximate surface area is 147 Å². The van der Waals surface area contributed by atoms with Crippen LogP contribution in [0.2, 0.25) is 0 Å². The highest BCUT2D eigenvalue weighted by Gasteiger charge is 2.35. The number of carbonyl (C=O) groups excluding carboxylic acids is 1. The number of ether oxygens (including phenoxy) is 2. The Balaban J connectivity index is 2.04. The number of tetrazole rings is 1. The van der Waals surface area contributed by atoms with Crippen molar-refractivity contribution in [2.45, 2.75) is 13.0 Å². The first kappa shape index (κ1) is 16.6. The van der Waals surface area contributed by atoms with Crippen molar-refractivity contribution in [2.24, 2.45) is 0 Å². The molecular formula is C15H16BrN5O3. The fourth-order valence-corrected chi connectivity index (χ4v) is 3.06. The van der Waals surface area contributed by atoms with E-state index in [1.807, 2.05) is 24.3 Å². The molecule has 1 N–H and O–H groups in total. The summed E-state index contributed by atoms with van der Waals surface area (Å²) in [4.78, 5) is 12.6. The van der Waals surface area contributed by atoms with E-state index in [0.29, 0.717) is 23.8 Å². The van der Waals surface area contributed by atoms with Crippen molar-refractivity contribution < 1.29 is 14.3 Å². The van der Waals surface area contributed by atoms with E-state index < -0.39 is 12.0 Å². The van der Waals surface area contributed by atoms with Crippen LogP contribution in [-0.2, 0) is 14.3 Å². The Kier molecular flexibility index (Phi) is 4.91. The molecule has 0 radical (unpaired) electrons. The third-order valence-electron chi connectivity index (χ3n) is 3.65. The number of anilines is 1. The molecule has 9 heteroatoms. The van der Waals surface area contributed by atoms with Crippen LogP contribution in [0.5, 0.6) is 0 Å². The lowest BCUT2D eigenvalue weighted by atomic mass is 9.96. The Morgan fingerprint density at radius 3 is 2.92 bits per heavy atom. The van der Waals surface area contributed by atoms with Gasteiger partial charge in [0.25, 0.3) is 0 Å². The van der Waals surface area contributed by atoms with Crippen LogP contribution in [-0.4, -0.2) is 46.5 Å². The van der Waals surface area contributed by atoms with E-state index in [4.69, 9.17) is 9.47 Å². The zero-order valence-corrected chi connectivity index (χ0v) is 14.8. The fraction of sp³-hybridized carbons (Fsp3) is 0.333. The third kappa shape index (κ3) is 3.04. The van der Waals surface area contributed by atoms with Gasteiger partial charge in [0.05, 0.1) is 12.2 Å². The monoisotopic (exact) mass is 393 g/mol. The summed E-state index contributed by atoms with van der Waals surface area (Å²) in [7, 11) is 1.55. The van der Waals surface area contributed by atoms with Crippen molar-refractivity contribution in [1.29, 1.82) is 0 Å². The van der Waals surface area contributed by atoms with Gasteiger partial charge in [-0.25, -0.2) is 4.79 Å². The molecule has 0 amide bonds. The summed E-state index contributed by atoms with van der Waals surface area (Å²) in [5, 5.41) is 14.7. The number of allylic oxidation sites excluding steroid dienone is 1. The predicted molar refractivity (Wildman–Crippen MR) is 89.3 cm³/mol. The SMILES string of the molecule is COCCOC(=O)C1=C(C)Nc2nnnn2[C@H]1c1ccccc1Br. The molecule has 3 rings (SSSR count). The maximum atomic E-state index is 12.6. The van der Waals surface area contributed by atoms with Crippen LogP contribution in [0.4, 0.5) is 5.95 Å². The molecule has 24 heavy (non-hydrogen) atoms. The van der Waals surface area contributed by atoms with E-state index in [1.165, 1.54) is 0 Å². The van der Waals surface area contributed by atoms with E-state index in [0.717, 1.165) is 10.0 Å². The molecule has 1 atom stereocenters. The number of fused-ring (bicyclic) bond motifs is 1. The summed E-state index contributed by atoms with van der Waals surface area (Å²) in [5.74, 6) is 0.0423. The molecule has 1 aliphatic rings. The standard InChI is InChI=1S/C15H16BrN5O3/c1-9-12(14(22)24-8-7-23-2)13(10-5-3-4-6-11(10)16)21-15(17-9)18-19-20-21/h3-6,13H,7-8H2,1-2H3,(H,17,18,20)/t13-/m0/s1. The molecule has 1 aromatic heterocycles. The lowest BCUT2D eigenvalue weighted by Crippen LogP contribution is -2.30. The number of nitrogens with zero attached hydrogens (tertiary/aromatic N) is 4. The van der Waals surface area contributed by atoms with Crippen LogP contribution in [0.3, 0.4) is 0 Å². The molecule has 0 spiro atoms. The van der Waals surface area contributed by atoms with E-state index in [9.17, 15) is 4.79 Å². The minimum atomic E-state index is -0.484. The minimum Gasteiger partial charge on any atom is -0.460 e. The molecule has 0 saturated carbocycles. The highest BCUT2D eigenvalue weighted by molar-refractivity contribution is 9.10. The van der Waals surface area contributed by atoms with Gasteiger partial charge in [0.15, 0.2) is 0 Å². The number of carbonyl (C=O) groups is 1. The molecule has 1 aliphatic heterocycles. The second-order valence-corrected chi connectivity index (χ2v) is 6.02. The second kappa shape index (κ2) is 7.10. The summed E-state index contributed by atoms with van der Waals surface area (Å²) in [5.41, 5.74) is 1.98. The molecule has 0 aliphatic carbocycles. The number of esters is 1. The zero-order chi connectivity index (χ0) is 17.1. The Hall–Kier alpha value is -2.26. The van der Waals surface area contributed by atoms with Gasteiger partial charge in [0.1, 0.15) is 12.6 Å². The van der Waals surface area contributed by atoms with Gasteiger partial charge in [0.2, 0.25) is 5.95 Å². The summed E-state index contributed by atoms with van der Waals surface area (Å²) in [6.45, 7) is 2.31. The van der Waals surface area contributed by atoms with Crippen molar-refractivity contribution in [2.75, 3.05) is 25.6 Å². The topological polar surface area (TPSA) is 91.2 Å². The molecule has 8 nitrogen and oxygen atoms in total. The molecule has 0 saturated heterocycles. The van der Waals surface area contributed by atoms with Gasteiger partial charge in [-0.2, -0.15) is 4.68 Å². The summed E-state index contributed by atoms with van der Waals surface area (Å²) in [6, 6.07) is 7.14. The smallest absolute Gasteiger partial charge is 0.338 e. The van der Waals surface area contributed by atoms with Crippen LogP contribution in [0.25, 0.3) is 0 Å². The molecule has 0 bridgehead atoms. The zero-order valence-electron chi connectivity index (χ0n) is 13.2. The second-order valence-electron chi connectivity index (χ2n) is 5.16. The van der Waals surface area contributed by atoms with E-state index in [1.54, 1.807) is 18.7 Å². The van der Waals surface area contributed by atoms with Crippen molar-refractivity contribution in [3.05, 3.63) is 45.6 Å². The first-order valence-corrected chi connectivity index (χ1v) is 8.09. The van der Waals surface area contributed by atoms with Crippen molar-refractivity contribution in [3.63, 3.8) is 0 Å². The average molecular weight is 394 g/mol. The number of hydrogen-bond acceptors (Lipinski definition) is 7. The Morgan fingerprint density at radius 2 is 2.17 bits per heavy atom. The van der Waals surface area contributed by atoms with Crippen LogP contribution >= 0.6 is 15.9 Å². The Morgan fingerprint density at radius 1 is 1.38 bits per heavy atom. The van der Waals surface area contributed by atoms with E-state index in [-0.39, 0.29) is 6.61 Å². The molecular weight excluding hydrogens is 378 g/mol. The van der Waals surface area contributed by atoms with Gasteiger partial charge in [-0.15, -0.1) is 0 Å². The summed E-state index contributed by atoms with van der Waals surface area (Å²) >= 11 is 3.54. The van der Waals surface area contributed by atoms with Gasteiger partial charge in [-0.3, -0.25) is 0 Å². The minimum absolute atomic E-state index is 0.178. The molecule has 126 valence electrons.